The van der Waals surface area contributed by atoms with Crippen LogP contribution in [-0.4, -0.2) is 57.8 Å². The SMILES string of the molecule is CC(C)(F)CCS(=O)(=O)CCCC[N+](C)(C)C.[Br-]. The van der Waals surface area contributed by atoms with Crippen LogP contribution >= 0.6 is 0 Å². The molecule has 0 aromatic rings. The number of nitrogens with zero attached hydrogens (tertiary/aromatic N) is 1. The zero-order valence-corrected chi connectivity index (χ0v) is 14.6. The lowest BCUT2D eigenvalue weighted by Crippen LogP contribution is -3.00. The van der Waals surface area contributed by atoms with Crippen LogP contribution in [0.5, 0.6) is 0 Å². The summed E-state index contributed by atoms with van der Waals surface area (Å²) in [6, 6.07) is 0. The van der Waals surface area contributed by atoms with Crippen molar-refractivity contribution in [1.82, 2.24) is 0 Å². The lowest BCUT2D eigenvalue weighted by molar-refractivity contribution is -0.870. The van der Waals surface area contributed by atoms with E-state index in [0.717, 1.165) is 17.4 Å². The van der Waals surface area contributed by atoms with Gasteiger partial charge in [0.2, 0.25) is 0 Å². The van der Waals surface area contributed by atoms with Gasteiger partial charge in [-0.2, -0.15) is 0 Å². The third kappa shape index (κ3) is 14.4. The molecule has 6 heteroatoms. The van der Waals surface area contributed by atoms with Crippen LogP contribution in [0.2, 0.25) is 0 Å². The number of unbranched alkanes of at least 4 members (excludes halogenated alkanes) is 1. The second-order valence-electron chi connectivity index (χ2n) is 6.34. The summed E-state index contributed by atoms with van der Waals surface area (Å²) in [4.78, 5) is 0. The van der Waals surface area contributed by atoms with Crippen molar-refractivity contribution in [1.29, 1.82) is 0 Å². The average molecular weight is 348 g/mol. The van der Waals surface area contributed by atoms with E-state index in [0.29, 0.717) is 6.42 Å². The van der Waals surface area contributed by atoms with E-state index >= 15 is 0 Å². The third-order valence-corrected chi connectivity index (χ3v) is 4.28. The highest BCUT2D eigenvalue weighted by Crippen LogP contribution is 2.15. The standard InChI is InChI=1S/C12H27FNO2S.BrH/c1-12(2,13)8-11-17(15,16)10-7-6-9-14(3,4)5;/h6-11H2,1-5H3;1H/q+1;/p-1. The van der Waals surface area contributed by atoms with Gasteiger partial charge in [0, 0.05) is 0 Å². The van der Waals surface area contributed by atoms with E-state index in [9.17, 15) is 12.8 Å². The van der Waals surface area contributed by atoms with Crippen LogP contribution in [-0.2, 0) is 9.84 Å². The van der Waals surface area contributed by atoms with Crippen LogP contribution in [0.1, 0.15) is 33.1 Å². The van der Waals surface area contributed by atoms with Crippen molar-refractivity contribution in [2.75, 3.05) is 39.2 Å². The van der Waals surface area contributed by atoms with Crippen LogP contribution in [0.25, 0.3) is 0 Å². The van der Waals surface area contributed by atoms with E-state index < -0.39 is 15.5 Å². The Morgan fingerprint density at radius 2 is 1.56 bits per heavy atom. The molecule has 0 spiro atoms. The first kappa shape index (κ1) is 20.6. The fourth-order valence-corrected chi connectivity index (χ4v) is 3.05. The molecule has 0 fully saturated rings. The highest BCUT2D eigenvalue weighted by Gasteiger charge is 2.20. The summed E-state index contributed by atoms with van der Waals surface area (Å²) >= 11 is 0. The minimum absolute atomic E-state index is 0. The zero-order chi connectivity index (χ0) is 13.7. The number of halogens is 2. The number of quaternary nitrogens is 1. The maximum absolute atomic E-state index is 13.2. The highest BCUT2D eigenvalue weighted by molar-refractivity contribution is 7.91. The Balaban J connectivity index is 0. The molecule has 0 aromatic heterocycles. The molecule has 3 nitrogen and oxygen atoms in total. The van der Waals surface area contributed by atoms with E-state index in [2.05, 4.69) is 21.1 Å². The molecule has 0 aliphatic heterocycles. The number of rotatable bonds is 8. The fourth-order valence-electron chi connectivity index (χ4n) is 1.41. The second-order valence-corrected chi connectivity index (χ2v) is 8.65. The highest BCUT2D eigenvalue weighted by atomic mass is 79.9. The fraction of sp³-hybridized carbons (Fsp3) is 1.00. The van der Waals surface area contributed by atoms with Crippen molar-refractivity contribution < 1.29 is 34.3 Å². The van der Waals surface area contributed by atoms with E-state index in [1.807, 2.05) is 0 Å². The van der Waals surface area contributed by atoms with E-state index in [4.69, 9.17) is 0 Å². The van der Waals surface area contributed by atoms with E-state index in [1.165, 1.54) is 13.8 Å². The van der Waals surface area contributed by atoms with Gasteiger partial charge in [0.15, 0.2) is 0 Å². The monoisotopic (exact) mass is 347 g/mol. The number of hydrogen-bond acceptors (Lipinski definition) is 2. The minimum Gasteiger partial charge on any atom is -1.00 e. The third-order valence-electron chi connectivity index (χ3n) is 2.54. The van der Waals surface area contributed by atoms with Crippen molar-refractivity contribution in [2.24, 2.45) is 0 Å². The number of alkyl halides is 1. The van der Waals surface area contributed by atoms with Gasteiger partial charge in [-0.3, -0.25) is 0 Å². The Labute approximate surface area is 122 Å². The van der Waals surface area contributed by atoms with Gasteiger partial charge >= 0.3 is 0 Å². The van der Waals surface area contributed by atoms with Crippen LogP contribution in [0.15, 0.2) is 0 Å². The molecule has 0 N–H and O–H groups in total. The molecular formula is C12H27BrFNO2S. The molecule has 0 aliphatic carbocycles. The Morgan fingerprint density at radius 3 is 1.94 bits per heavy atom. The molecule has 0 unspecified atom stereocenters. The summed E-state index contributed by atoms with van der Waals surface area (Å²) in [6.45, 7) is 3.79. The lowest BCUT2D eigenvalue weighted by Gasteiger charge is -2.23. The first-order chi connectivity index (χ1) is 7.41. The van der Waals surface area contributed by atoms with Crippen molar-refractivity contribution in [3.8, 4) is 0 Å². The van der Waals surface area contributed by atoms with Crippen LogP contribution in [0.3, 0.4) is 0 Å². The van der Waals surface area contributed by atoms with Gasteiger partial charge in [-0.15, -0.1) is 0 Å². The predicted octanol–water partition coefficient (Wildman–Crippen LogP) is -0.970. The molecule has 0 aliphatic rings. The summed E-state index contributed by atoms with van der Waals surface area (Å²) < 4.78 is 37.3. The summed E-state index contributed by atoms with van der Waals surface area (Å²) in [7, 11) is 3.17. The Morgan fingerprint density at radius 1 is 1.06 bits per heavy atom. The zero-order valence-electron chi connectivity index (χ0n) is 12.2. The molecule has 0 heterocycles. The molecule has 0 radical (unpaired) electrons. The molecule has 112 valence electrons. The quantitative estimate of drug-likeness (QED) is 0.418. The van der Waals surface area contributed by atoms with Crippen molar-refractivity contribution in [2.45, 2.75) is 38.8 Å². The smallest absolute Gasteiger partial charge is 0.150 e. The van der Waals surface area contributed by atoms with Crippen LogP contribution < -0.4 is 17.0 Å². The van der Waals surface area contributed by atoms with Gasteiger partial charge in [0.1, 0.15) is 15.5 Å². The minimum atomic E-state index is -3.08. The topological polar surface area (TPSA) is 34.1 Å². The Kier molecular flexibility index (Phi) is 8.94. The van der Waals surface area contributed by atoms with E-state index in [-0.39, 0.29) is 34.9 Å². The summed E-state index contributed by atoms with van der Waals surface area (Å²) in [5.74, 6) is 0.143. The molecule has 0 rings (SSSR count). The van der Waals surface area contributed by atoms with Gasteiger partial charge in [-0.1, -0.05) is 0 Å². The normalized spacial score (nSPS) is 13.2. The van der Waals surface area contributed by atoms with Crippen LogP contribution in [0, 0.1) is 0 Å². The van der Waals surface area contributed by atoms with Gasteiger partial charge < -0.3 is 21.5 Å². The number of sulfone groups is 1. The lowest BCUT2D eigenvalue weighted by atomic mass is 10.1. The molecule has 0 amide bonds. The molecule has 0 saturated heterocycles. The Hall–Kier alpha value is 0.320. The van der Waals surface area contributed by atoms with Crippen molar-refractivity contribution in [3.05, 3.63) is 0 Å². The van der Waals surface area contributed by atoms with Crippen molar-refractivity contribution >= 4 is 9.84 Å². The molecule has 18 heavy (non-hydrogen) atoms. The molecule has 0 bridgehead atoms. The summed E-state index contributed by atoms with van der Waals surface area (Å²) in [5.41, 5.74) is -1.39. The Bertz CT molecular complexity index is 318. The first-order valence-corrected chi connectivity index (χ1v) is 7.93. The van der Waals surface area contributed by atoms with Gasteiger partial charge in [0.25, 0.3) is 0 Å². The van der Waals surface area contributed by atoms with E-state index in [1.54, 1.807) is 0 Å². The van der Waals surface area contributed by atoms with Gasteiger partial charge in [-0.25, -0.2) is 12.8 Å². The molecule has 0 aromatic carbocycles. The largest absolute Gasteiger partial charge is 1.00 e. The molecule has 0 saturated carbocycles. The van der Waals surface area contributed by atoms with Crippen LogP contribution in [0.4, 0.5) is 4.39 Å². The average Bonchev–Trinajstić information content (AvgIpc) is 2.07. The second kappa shape index (κ2) is 7.80. The maximum atomic E-state index is 13.2. The summed E-state index contributed by atoms with van der Waals surface area (Å²) in [6.07, 6.45) is 1.65. The number of hydrogen-bond donors (Lipinski definition) is 0. The molecular weight excluding hydrogens is 321 g/mol. The van der Waals surface area contributed by atoms with Gasteiger partial charge in [0.05, 0.1) is 39.2 Å². The van der Waals surface area contributed by atoms with Gasteiger partial charge in [-0.05, 0) is 33.1 Å². The predicted molar refractivity (Wildman–Crippen MR) is 70.6 cm³/mol. The summed E-state index contributed by atoms with van der Waals surface area (Å²) in [5, 5.41) is 0. The molecule has 0 atom stereocenters. The first-order valence-electron chi connectivity index (χ1n) is 6.11. The maximum Gasteiger partial charge on any atom is 0.150 e. The van der Waals surface area contributed by atoms with Crippen molar-refractivity contribution in [3.63, 3.8) is 0 Å².